The largest absolute Gasteiger partial charge is 0.494 e. The molecular weight excluding hydrogens is 285 g/mol. The van der Waals surface area contributed by atoms with Gasteiger partial charge in [0.25, 0.3) is 0 Å². The van der Waals surface area contributed by atoms with E-state index < -0.39 is 5.82 Å². The zero-order valence-corrected chi connectivity index (χ0v) is 12.6. The third kappa shape index (κ3) is 4.87. The fourth-order valence-electron chi connectivity index (χ4n) is 2.12. The van der Waals surface area contributed by atoms with Gasteiger partial charge in [-0.1, -0.05) is 6.07 Å². The number of ether oxygens (including phenoxy) is 1. The van der Waals surface area contributed by atoms with Crippen LogP contribution in [0.4, 0.5) is 4.39 Å². The summed E-state index contributed by atoms with van der Waals surface area (Å²) in [6.45, 7) is 1.44. The average molecular weight is 305 g/mol. The van der Waals surface area contributed by atoms with Crippen molar-refractivity contribution in [2.45, 2.75) is 25.8 Å². The number of halogens is 1. The highest BCUT2D eigenvalue weighted by atomic mass is 19.1. The average Bonchev–Trinajstić information content (AvgIpc) is 3.03. The standard InChI is InChI=1S/C16H20FN3O2/c1-22-15-5-3-13(11-14(15)17)4-6-16(21)19-7-2-9-20-10-8-18-12-20/h3,5,8,10-12H,2,4,6-7,9H2,1H3,(H,19,21). The Kier molecular flexibility index (Phi) is 5.94. The second-order valence-corrected chi connectivity index (χ2v) is 4.97. The number of imidazole rings is 1. The molecule has 0 saturated carbocycles. The summed E-state index contributed by atoms with van der Waals surface area (Å²) < 4.78 is 20.4. The topological polar surface area (TPSA) is 56.1 Å². The van der Waals surface area contributed by atoms with Gasteiger partial charge in [-0.15, -0.1) is 0 Å². The van der Waals surface area contributed by atoms with Crippen LogP contribution in [0.2, 0.25) is 0 Å². The summed E-state index contributed by atoms with van der Waals surface area (Å²) in [4.78, 5) is 15.7. The van der Waals surface area contributed by atoms with Gasteiger partial charge in [0, 0.05) is 31.9 Å². The predicted octanol–water partition coefficient (Wildman–Crippen LogP) is 2.17. The molecule has 1 heterocycles. The van der Waals surface area contributed by atoms with E-state index in [-0.39, 0.29) is 11.7 Å². The van der Waals surface area contributed by atoms with Gasteiger partial charge in [0.2, 0.25) is 5.91 Å². The van der Waals surface area contributed by atoms with Gasteiger partial charge in [-0.05, 0) is 30.5 Å². The molecule has 0 atom stereocenters. The number of nitrogens with zero attached hydrogens (tertiary/aromatic N) is 2. The number of methoxy groups -OCH3 is 1. The van der Waals surface area contributed by atoms with Crippen molar-refractivity contribution in [1.29, 1.82) is 0 Å². The quantitative estimate of drug-likeness (QED) is 0.761. The number of benzene rings is 1. The van der Waals surface area contributed by atoms with E-state index >= 15 is 0 Å². The van der Waals surface area contributed by atoms with Gasteiger partial charge in [-0.25, -0.2) is 9.37 Å². The maximum Gasteiger partial charge on any atom is 0.220 e. The first-order chi connectivity index (χ1) is 10.7. The van der Waals surface area contributed by atoms with Crippen LogP contribution in [-0.4, -0.2) is 29.1 Å². The van der Waals surface area contributed by atoms with Crippen LogP contribution in [0.5, 0.6) is 5.75 Å². The molecule has 0 aliphatic rings. The number of carbonyl (C=O) groups excluding carboxylic acids is 1. The second-order valence-electron chi connectivity index (χ2n) is 4.97. The van der Waals surface area contributed by atoms with Crippen molar-refractivity contribution in [3.63, 3.8) is 0 Å². The molecule has 0 fully saturated rings. The maximum atomic E-state index is 13.5. The van der Waals surface area contributed by atoms with Crippen LogP contribution < -0.4 is 10.1 Å². The predicted molar refractivity (Wildman–Crippen MR) is 81.1 cm³/mol. The van der Waals surface area contributed by atoms with Crippen molar-refractivity contribution >= 4 is 5.91 Å². The van der Waals surface area contributed by atoms with Gasteiger partial charge in [-0.2, -0.15) is 0 Å². The SMILES string of the molecule is COc1ccc(CCC(=O)NCCCn2ccnc2)cc1F. The number of hydrogen-bond acceptors (Lipinski definition) is 3. The van der Waals surface area contributed by atoms with Crippen LogP contribution in [-0.2, 0) is 17.8 Å². The second kappa shape index (κ2) is 8.17. The molecule has 1 amide bonds. The van der Waals surface area contributed by atoms with Crippen LogP contribution in [0, 0.1) is 5.82 Å². The molecule has 0 spiro atoms. The highest BCUT2D eigenvalue weighted by Crippen LogP contribution is 2.18. The molecule has 2 aromatic rings. The first-order valence-electron chi connectivity index (χ1n) is 7.24. The molecule has 5 nitrogen and oxygen atoms in total. The summed E-state index contributed by atoms with van der Waals surface area (Å²) in [5.74, 6) is -0.213. The molecule has 1 aromatic carbocycles. The summed E-state index contributed by atoms with van der Waals surface area (Å²) in [7, 11) is 1.43. The molecule has 0 saturated heterocycles. The van der Waals surface area contributed by atoms with Crippen LogP contribution in [0.15, 0.2) is 36.9 Å². The molecule has 1 N–H and O–H groups in total. The van der Waals surface area contributed by atoms with Gasteiger partial charge < -0.3 is 14.6 Å². The molecule has 0 unspecified atom stereocenters. The molecule has 118 valence electrons. The molecule has 22 heavy (non-hydrogen) atoms. The van der Waals surface area contributed by atoms with Gasteiger partial charge in [0.05, 0.1) is 13.4 Å². The number of aryl methyl sites for hydroxylation is 2. The van der Waals surface area contributed by atoms with Crippen LogP contribution >= 0.6 is 0 Å². The number of amides is 1. The van der Waals surface area contributed by atoms with Crippen molar-refractivity contribution in [2.75, 3.05) is 13.7 Å². The fourth-order valence-corrected chi connectivity index (χ4v) is 2.12. The third-order valence-corrected chi connectivity index (χ3v) is 3.33. The van der Waals surface area contributed by atoms with E-state index in [1.54, 1.807) is 24.7 Å². The highest BCUT2D eigenvalue weighted by Gasteiger charge is 2.06. The highest BCUT2D eigenvalue weighted by molar-refractivity contribution is 5.76. The Morgan fingerprint density at radius 1 is 1.45 bits per heavy atom. The van der Waals surface area contributed by atoms with Crippen molar-refractivity contribution < 1.29 is 13.9 Å². The molecule has 0 aliphatic heterocycles. The molecule has 0 aliphatic carbocycles. The van der Waals surface area contributed by atoms with Crippen molar-refractivity contribution in [2.24, 2.45) is 0 Å². The fraction of sp³-hybridized carbons (Fsp3) is 0.375. The molecule has 1 aromatic heterocycles. The Balaban J connectivity index is 1.66. The molecule has 0 radical (unpaired) electrons. The minimum Gasteiger partial charge on any atom is -0.494 e. The Morgan fingerprint density at radius 2 is 2.32 bits per heavy atom. The first-order valence-corrected chi connectivity index (χ1v) is 7.24. The Labute approximate surface area is 129 Å². The van der Waals surface area contributed by atoms with Gasteiger partial charge >= 0.3 is 0 Å². The van der Waals surface area contributed by atoms with Gasteiger partial charge in [0.1, 0.15) is 0 Å². The number of rotatable bonds is 8. The first kappa shape index (κ1) is 16.0. The number of aromatic nitrogens is 2. The van der Waals surface area contributed by atoms with E-state index in [1.165, 1.54) is 13.2 Å². The summed E-state index contributed by atoms with van der Waals surface area (Å²) in [6.07, 6.45) is 7.07. The van der Waals surface area contributed by atoms with Crippen molar-refractivity contribution in [3.05, 3.63) is 48.3 Å². The lowest BCUT2D eigenvalue weighted by Crippen LogP contribution is -2.25. The number of carbonyl (C=O) groups is 1. The Morgan fingerprint density at radius 3 is 3.00 bits per heavy atom. The van der Waals surface area contributed by atoms with Crippen LogP contribution in [0.1, 0.15) is 18.4 Å². The minimum atomic E-state index is -0.402. The number of nitrogens with one attached hydrogen (secondary N) is 1. The normalized spacial score (nSPS) is 10.5. The van der Waals surface area contributed by atoms with E-state index in [1.807, 2.05) is 10.8 Å². The lowest BCUT2D eigenvalue weighted by molar-refractivity contribution is -0.121. The van der Waals surface area contributed by atoms with Gasteiger partial charge in [-0.3, -0.25) is 4.79 Å². The zero-order chi connectivity index (χ0) is 15.8. The van der Waals surface area contributed by atoms with Crippen LogP contribution in [0.3, 0.4) is 0 Å². The molecule has 0 bridgehead atoms. The molecule has 2 rings (SSSR count). The van der Waals surface area contributed by atoms with E-state index in [9.17, 15) is 9.18 Å². The van der Waals surface area contributed by atoms with Crippen molar-refractivity contribution in [1.82, 2.24) is 14.9 Å². The number of hydrogen-bond donors (Lipinski definition) is 1. The molecular formula is C16H20FN3O2. The van der Waals surface area contributed by atoms with E-state index in [2.05, 4.69) is 10.3 Å². The van der Waals surface area contributed by atoms with Crippen LogP contribution in [0.25, 0.3) is 0 Å². The minimum absolute atomic E-state index is 0.0261. The summed E-state index contributed by atoms with van der Waals surface area (Å²) in [5.41, 5.74) is 0.784. The molecule has 6 heteroatoms. The summed E-state index contributed by atoms with van der Waals surface area (Å²) in [5, 5.41) is 2.86. The van der Waals surface area contributed by atoms with Gasteiger partial charge in [0.15, 0.2) is 11.6 Å². The summed E-state index contributed by atoms with van der Waals surface area (Å²) in [6, 6.07) is 4.76. The smallest absolute Gasteiger partial charge is 0.220 e. The van der Waals surface area contributed by atoms with E-state index in [0.29, 0.717) is 19.4 Å². The summed E-state index contributed by atoms with van der Waals surface area (Å²) >= 11 is 0. The third-order valence-electron chi connectivity index (χ3n) is 3.33. The maximum absolute atomic E-state index is 13.5. The monoisotopic (exact) mass is 305 g/mol. The van der Waals surface area contributed by atoms with E-state index in [4.69, 9.17) is 4.74 Å². The lowest BCUT2D eigenvalue weighted by atomic mass is 10.1. The van der Waals surface area contributed by atoms with Crippen molar-refractivity contribution in [3.8, 4) is 5.75 Å². The Bertz CT molecular complexity index is 599. The zero-order valence-electron chi connectivity index (χ0n) is 12.6. The Hall–Kier alpha value is -2.37. The lowest BCUT2D eigenvalue weighted by Gasteiger charge is -2.07. The van der Waals surface area contributed by atoms with E-state index in [0.717, 1.165) is 18.5 Å².